The first-order valence-electron chi connectivity index (χ1n) is 5.39. The quantitative estimate of drug-likeness (QED) is 0.777. The van der Waals surface area contributed by atoms with E-state index in [0.717, 1.165) is 24.9 Å². The molecule has 1 aromatic carbocycles. The number of aryl methyl sites for hydroxylation is 1. The highest BCUT2D eigenvalue weighted by Crippen LogP contribution is 2.34. The molecule has 1 aromatic rings. The molecule has 0 unspecified atom stereocenters. The molecule has 1 fully saturated rings. The minimum Gasteiger partial charge on any atom is -0.310 e. The summed E-state index contributed by atoms with van der Waals surface area (Å²) >= 11 is 0. The van der Waals surface area contributed by atoms with E-state index in [1.165, 1.54) is 13.0 Å². The highest BCUT2D eigenvalue weighted by atomic mass is 19.4. The summed E-state index contributed by atoms with van der Waals surface area (Å²) in [6.45, 7) is 2.38. The number of alkyl halides is 3. The van der Waals surface area contributed by atoms with Gasteiger partial charge in [0.2, 0.25) is 0 Å². The normalized spacial score (nSPS) is 21.4. The van der Waals surface area contributed by atoms with Crippen LogP contribution < -0.4 is 5.32 Å². The van der Waals surface area contributed by atoms with Gasteiger partial charge in [-0.3, -0.25) is 0 Å². The molecular formula is C12H14F3N. The molecule has 1 atom stereocenters. The van der Waals surface area contributed by atoms with Gasteiger partial charge in [0.15, 0.2) is 0 Å². The van der Waals surface area contributed by atoms with E-state index in [1.54, 1.807) is 12.1 Å². The Morgan fingerprint density at radius 3 is 2.62 bits per heavy atom. The average Bonchev–Trinajstić information content (AvgIpc) is 2.69. The second-order valence-corrected chi connectivity index (χ2v) is 4.22. The highest BCUT2D eigenvalue weighted by Gasteiger charge is 2.33. The summed E-state index contributed by atoms with van der Waals surface area (Å²) in [6, 6.07) is 4.70. The molecule has 0 radical (unpaired) electrons. The van der Waals surface area contributed by atoms with Crippen molar-refractivity contribution < 1.29 is 13.2 Å². The number of hydrogen-bond donors (Lipinski definition) is 1. The topological polar surface area (TPSA) is 12.0 Å². The third-order valence-electron chi connectivity index (χ3n) is 3.03. The Bertz CT molecular complexity index is 378. The first-order chi connectivity index (χ1) is 7.48. The van der Waals surface area contributed by atoms with E-state index in [2.05, 4.69) is 5.32 Å². The summed E-state index contributed by atoms with van der Waals surface area (Å²) < 4.78 is 38.1. The van der Waals surface area contributed by atoms with Gasteiger partial charge in [0.25, 0.3) is 0 Å². The fraction of sp³-hybridized carbons (Fsp3) is 0.500. The van der Waals surface area contributed by atoms with Crippen molar-refractivity contribution in [3.63, 3.8) is 0 Å². The summed E-state index contributed by atoms with van der Waals surface area (Å²) in [5.74, 6) is 0. The molecule has 2 rings (SSSR count). The zero-order valence-corrected chi connectivity index (χ0v) is 9.06. The summed E-state index contributed by atoms with van der Waals surface area (Å²) in [5, 5.41) is 3.20. The number of benzene rings is 1. The predicted molar refractivity (Wildman–Crippen MR) is 56.2 cm³/mol. The van der Waals surface area contributed by atoms with Crippen molar-refractivity contribution in [3.8, 4) is 0 Å². The van der Waals surface area contributed by atoms with E-state index in [0.29, 0.717) is 0 Å². The Labute approximate surface area is 92.7 Å². The Morgan fingerprint density at radius 2 is 2.06 bits per heavy atom. The largest absolute Gasteiger partial charge is 0.416 e. The molecule has 1 aliphatic heterocycles. The smallest absolute Gasteiger partial charge is 0.310 e. The molecular weight excluding hydrogens is 215 g/mol. The van der Waals surface area contributed by atoms with Crippen molar-refractivity contribution in [3.05, 3.63) is 34.9 Å². The fourth-order valence-electron chi connectivity index (χ4n) is 2.13. The van der Waals surface area contributed by atoms with Gasteiger partial charge in [-0.2, -0.15) is 13.2 Å². The van der Waals surface area contributed by atoms with Crippen molar-refractivity contribution in [2.45, 2.75) is 32.0 Å². The standard InChI is InChI=1S/C12H14F3N/c1-8-4-5-9(11-3-2-6-16-11)7-10(8)12(13,14)15/h4-5,7,11,16H,2-3,6H2,1H3/t11-/m1/s1. The molecule has 0 saturated carbocycles. The maximum Gasteiger partial charge on any atom is 0.416 e. The minimum atomic E-state index is -4.25. The Hall–Kier alpha value is -1.03. The Balaban J connectivity index is 2.35. The first-order valence-corrected chi connectivity index (χ1v) is 5.39. The van der Waals surface area contributed by atoms with Crippen LogP contribution in [-0.4, -0.2) is 6.54 Å². The second kappa shape index (κ2) is 4.09. The van der Waals surface area contributed by atoms with Gasteiger partial charge in [0.05, 0.1) is 5.56 Å². The van der Waals surface area contributed by atoms with Gasteiger partial charge in [-0.25, -0.2) is 0 Å². The lowest BCUT2D eigenvalue weighted by molar-refractivity contribution is -0.138. The zero-order valence-electron chi connectivity index (χ0n) is 9.06. The summed E-state index contributed by atoms with van der Waals surface area (Å²) in [5.41, 5.74) is 0.517. The Morgan fingerprint density at radius 1 is 1.31 bits per heavy atom. The van der Waals surface area contributed by atoms with Crippen LogP contribution in [0.1, 0.15) is 35.6 Å². The molecule has 0 amide bonds. The van der Waals surface area contributed by atoms with E-state index < -0.39 is 11.7 Å². The summed E-state index contributed by atoms with van der Waals surface area (Å²) in [4.78, 5) is 0. The van der Waals surface area contributed by atoms with Crippen LogP contribution in [0.4, 0.5) is 13.2 Å². The van der Waals surface area contributed by atoms with E-state index in [4.69, 9.17) is 0 Å². The van der Waals surface area contributed by atoms with Crippen molar-refractivity contribution in [1.29, 1.82) is 0 Å². The first kappa shape index (κ1) is 11.5. The van der Waals surface area contributed by atoms with Gasteiger partial charge in [0.1, 0.15) is 0 Å². The summed E-state index contributed by atoms with van der Waals surface area (Å²) in [7, 11) is 0. The molecule has 0 aliphatic carbocycles. The maximum atomic E-state index is 12.7. The SMILES string of the molecule is Cc1ccc([C@H]2CCCN2)cc1C(F)(F)F. The molecule has 16 heavy (non-hydrogen) atoms. The average molecular weight is 229 g/mol. The Kier molecular flexibility index (Phi) is 2.93. The van der Waals surface area contributed by atoms with Crippen LogP contribution in [0.3, 0.4) is 0 Å². The van der Waals surface area contributed by atoms with Crippen LogP contribution in [0, 0.1) is 6.92 Å². The van der Waals surface area contributed by atoms with Crippen LogP contribution in [0.2, 0.25) is 0 Å². The molecule has 1 heterocycles. The molecule has 0 spiro atoms. The van der Waals surface area contributed by atoms with Crippen molar-refractivity contribution >= 4 is 0 Å². The van der Waals surface area contributed by atoms with Crippen LogP contribution in [0.15, 0.2) is 18.2 Å². The van der Waals surface area contributed by atoms with Gasteiger partial charge in [0, 0.05) is 6.04 Å². The minimum absolute atomic E-state index is 0.0849. The van der Waals surface area contributed by atoms with Gasteiger partial charge in [-0.1, -0.05) is 12.1 Å². The monoisotopic (exact) mass is 229 g/mol. The van der Waals surface area contributed by atoms with Gasteiger partial charge >= 0.3 is 6.18 Å². The number of hydrogen-bond acceptors (Lipinski definition) is 1. The lowest BCUT2D eigenvalue weighted by Gasteiger charge is -2.15. The fourth-order valence-corrected chi connectivity index (χ4v) is 2.13. The number of rotatable bonds is 1. The van der Waals surface area contributed by atoms with E-state index >= 15 is 0 Å². The van der Waals surface area contributed by atoms with E-state index in [-0.39, 0.29) is 11.6 Å². The molecule has 1 N–H and O–H groups in total. The van der Waals surface area contributed by atoms with Crippen molar-refractivity contribution in [2.75, 3.05) is 6.54 Å². The molecule has 0 aromatic heterocycles. The highest BCUT2D eigenvalue weighted by molar-refractivity contribution is 5.35. The van der Waals surface area contributed by atoms with E-state index in [9.17, 15) is 13.2 Å². The lowest BCUT2D eigenvalue weighted by atomic mass is 9.99. The van der Waals surface area contributed by atoms with Gasteiger partial charge < -0.3 is 5.32 Å². The second-order valence-electron chi connectivity index (χ2n) is 4.22. The van der Waals surface area contributed by atoms with Gasteiger partial charge in [-0.05, 0) is 43.5 Å². The third-order valence-corrected chi connectivity index (χ3v) is 3.03. The van der Waals surface area contributed by atoms with Crippen molar-refractivity contribution in [2.24, 2.45) is 0 Å². The van der Waals surface area contributed by atoms with Gasteiger partial charge in [-0.15, -0.1) is 0 Å². The molecule has 88 valence electrons. The van der Waals surface area contributed by atoms with E-state index in [1.807, 2.05) is 0 Å². The van der Waals surface area contributed by atoms with Crippen LogP contribution in [-0.2, 0) is 6.18 Å². The molecule has 1 nitrogen and oxygen atoms in total. The van der Waals surface area contributed by atoms with Crippen LogP contribution in [0.25, 0.3) is 0 Å². The molecule has 4 heteroatoms. The van der Waals surface area contributed by atoms with Crippen LogP contribution in [0.5, 0.6) is 0 Å². The summed E-state index contributed by atoms with van der Waals surface area (Å²) in [6.07, 6.45) is -2.31. The molecule has 1 saturated heterocycles. The van der Waals surface area contributed by atoms with Crippen LogP contribution >= 0.6 is 0 Å². The number of halogens is 3. The predicted octanol–water partition coefficient (Wildman–Crippen LogP) is 3.44. The lowest BCUT2D eigenvalue weighted by Crippen LogP contribution is -2.15. The molecule has 1 aliphatic rings. The third kappa shape index (κ3) is 2.21. The number of nitrogens with one attached hydrogen (secondary N) is 1. The molecule has 0 bridgehead atoms. The zero-order chi connectivity index (χ0) is 11.8. The van der Waals surface area contributed by atoms with Crippen molar-refractivity contribution in [1.82, 2.24) is 5.32 Å². The maximum absolute atomic E-state index is 12.7.